The van der Waals surface area contributed by atoms with Crippen molar-refractivity contribution in [1.29, 1.82) is 0 Å². The Balaban J connectivity index is 0.000000152. The van der Waals surface area contributed by atoms with E-state index in [1.165, 1.54) is 32.0 Å². The molecule has 69 heavy (non-hydrogen) atoms. The summed E-state index contributed by atoms with van der Waals surface area (Å²) < 4.78 is 45.9. The van der Waals surface area contributed by atoms with Crippen LogP contribution in [0.3, 0.4) is 0 Å². The van der Waals surface area contributed by atoms with Gasteiger partial charge in [-0.15, -0.1) is 32.8 Å². The first-order valence-corrected chi connectivity index (χ1v) is 22.5. The predicted molar refractivity (Wildman–Crippen MR) is 242 cm³/mol. The van der Waals surface area contributed by atoms with E-state index in [1.54, 1.807) is 54.9 Å². The third kappa shape index (κ3) is 10.8. The number of carbonyl (C=O) groups is 2. The van der Waals surface area contributed by atoms with Crippen LogP contribution in [-0.4, -0.2) is 80.1 Å². The van der Waals surface area contributed by atoms with Crippen molar-refractivity contribution in [3.8, 4) is 0 Å². The summed E-state index contributed by atoms with van der Waals surface area (Å²) in [6, 6.07) is 11.1. The summed E-state index contributed by atoms with van der Waals surface area (Å²) in [5, 5.41) is 34.6. The van der Waals surface area contributed by atoms with Gasteiger partial charge in [0.05, 0.1) is 81.0 Å². The molecule has 348 valence electrons. The molecule has 2 aliphatic rings. The Morgan fingerprint density at radius 3 is 1.67 bits per heavy atom. The topological polar surface area (TPSA) is 256 Å². The minimum absolute atomic E-state index is 0. The molecule has 0 bridgehead atoms. The van der Waals surface area contributed by atoms with Gasteiger partial charge in [0.15, 0.2) is 22.9 Å². The maximum absolute atomic E-state index is 14.4. The predicted octanol–water partition coefficient (Wildman–Crippen LogP) is 3.01. The zero-order valence-electron chi connectivity index (χ0n) is 36.2. The maximum Gasteiger partial charge on any atom is 1.00 e. The molecule has 26 heteroatoms. The van der Waals surface area contributed by atoms with E-state index in [0.717, 1.165) is 28.4 Å². The minimum Gasteiger partial charge on any atom is -0.540 e. The molecular weight excluding hydrogens is 1050 g/mol. The third-order valence-electron chi connectivity index (χ3n) is 10.9. The summed E-state index contributed by atoms with van der Waals surface area (Å²) >= 11 is 6.29. The second-order valence-electron chi connectivity index (χ2n) is 15.8. The summed E-state index contributed by atoms with van der Waals surface area (Å²) in [7, 11) is 0. The fourth-order valence-corrected chi connectivity index (χ4v) is 7.86. The molecule has 2 saturated carbocycles. The molecule has 0 spiro atoms. The standard InChI is InChI=1S/C22H17BrFN7O2.C13H11N5O3.C8H7BrFN3.ClH.Li/c23-14-7-8-30-11-25-16(21(30)20(14)24)3-5-17(32)22-28-27-19(33-22)9-13-10-31-18(26-13)6-4-15(29-31)12-1-2-12;19-13(20)12-16-15-11(21-12)5-8-6-18-10(14-8)4-3-9(17-18)7-1-2-7;9-5-1-2-13-4-12-6(3-11)8(13)7(5)10;;/h4,6-8,10-12H,1-3,5,9H2;3-4,6-7H,1-2,5H2,(H,19,20);1-2,4H,3,11H2;1H;/q;;;;+1/p-1. The Kier molecular flexibility index (Phi) is 14.8. The van der Waals surface area contributed by atoms with E-state index in [9.17, 15) is 23.5 Å². The van der Waals surface area contributed by atoms with Gasteiger partial charge in [-0.25, -0.2) is 37.7 Å². The van der Waals surface area contributed by atoms with Gasteiger partial charge >= 0.3 is 18.9 Å². The largest absolute Gasteiger partial charge is 1.00 e. The summed E-state index contributed by atoms with van der Waals surface area (Å²) in [6.45, 7) is 0.240. The van der Waals surface area contributed by atoms with Gasteiger partial charge in [0, 0.05) is 37.2 Å². The fraction of sp³-hybridized carbons (Fsp3) is 0.256. The number of hydrogen-bond donors (Lipinski definition) is 1. The van der Waals surface area contributed by atoms with Gasteiger partial charge in [0.2, 0.25) is 17.6 Å². The minimum atomic E-state index is -1.49. The van der Waals surface area contributed by atoms with Gasteiger partial charge in [0.25, 0.3) is 11.8 Å². The van der Waals surface area contributed by atoms with Gasteiger partial charge in [-0.1, -0.05) is 0 Å². The van der Waals surface area contributed by atoms with Crippen LogP contribution in [0.25, 0.3) is 22.3 Å². The van der Waals surface area contributed by atoms with Crippen LogP contribution in [0, 0.1) is 11.6 Å². The van der Waals surface area contributed by atoms with Crippen molar-refractivity contribution in [2.75, 3.05) is 0 Å². The Labute approximate surface area is 423 Å². The second kappa shape index (κ2) is 20.7. The van der Waals surface area contributed by atoms with Crippen LogP contribution < -0.4 is 29.7 Å². The van der Waals surface area contributed by atoms with Crippen LogP contribution >= 0.6 is 44.3 Å². The number of aromatic carboxylic acids is 1. The number of ketones is 1. The van der Waals surface area contributed by atoms with Gasteiger partial charge < -0.3 is 33.3 Å². The Morgan fingerprint density at radius 2 is 1.19 bits per heavy atom. The molecule has 0 atom stereocenters. The molecule has 0 aliphatic heterocycles. The Bertz CT molecular complexity index is 3490. The zero-order chi connectivity index (χ0) is 46.3. The Hall–Kier alpha value is -6.29. The fourth-order valence-electron chi connectivity index (χ4n) is 7.25. The smallest absolute Gasteiger partial charge is 0.540 e. The van der Waals surface area contributed by atoms with Crippen LogP contribution in [0.1, 0.15) is 111 Å². The van der Waals surface area contributed by atoms with Crippen LogP contribution in [0.2, 0.25) is 0 Å². The molecule has 0 aromatic carbocycles. The summed E-state index contributed by atoms with van der Waals surface area (Å²) in [4.78, 5) is 40.3. The van der Waals surface area contributed by atoms with Gasteiger partial charge in [-0.05, 0) is 100 Å². The first kappa shape index (κ1) is 49.1. The summed E-state index contributed by atoms with van der Waals surface area (Å²) in [5.74, 6) is -1.54. The molecule has 20 nitrogen and oxygen atoms in total. The number of carbonyl (C=O) groups excluding carboxylic acids is 2. The van der Waals surface area contributed by atoms with Crippen molar-refractivity contribution in [2.45, 2.75) is 69.7 Å². The van der Waals surface area contributed by atoms with Crippen molar-refractivity contribution in [1.82, 2.24) is 68.4 Å². The van der Waals surface area contributed by atoms with E-state index in [-0.39, 0.29) is 80.5 Å². The van der Waals surface area contributed by atoms with Crippen molar-refractivity contribution >= 4 is 78.3 Å². The molecule has 0 radical (unpaired) electrons. The van der Waals surface area contributed by atoms with Crippen molar-refractivity contribution in [3.63, 3.8) is 0 Å². The number of hydrogen-bond acceptors (Lipinski definition) is 16. The average molecular weight is 1080 g/mol. The van der Waals surface area contributed by atoms with E-state index in [2.05, 4.69) is 82.4 Å². The number of fused-ring (bicyclic) bond motifs is 4. The number of imidazole rings is 4. The molecule has 0 amide bonds. The molecule has 10 aromatic rings. The van der Waals surface area contributed by atoms with Crippen molar-refractivity contribution in [3.05, 3.63) is 152 Å². The first-order chi connectivity index (χ1) is 32.5. The molecule has 2 aliphatic carbocycles. The maximum atomic E-state index is 14.4. The molecule has 2 N–H and O–H groups in total. The number of aryl methyl sites for hydroxylation is 1. The number of pyridine rings is 2. The summed E-state index contributed by atoms with van der Waals surface area (Å²) in [6.07, 6.45) is 15.7. The zero-order valence-corrected chi connectivity index (χ0v) is 40.2. The quantitative estimate of drug-likeness (QED) is 0.136. The van der Waals surface area contributed by atoms with Crippen LogP contribution in [0.4, 0.5) is 8.78 Å². The molecule has 12 rings (SSSR count). The SMILES string of the molecule is Cl.NCc1ncn2ccc(Br)c(F)c12.O=C(CCc1ncn2ccc(Br)c(F)c12)c1nnc(Cc2cn3nc(C4CC4)ccc3n2)o1.O=C([O-])c1nnc(Cc2cn3nc(C4CC4)ccc3n2)o1.[Li+]. The molecule has 10 heterocycles. The van der Waals surface area contributed by atoms with E-state index >= 15 is 0 Å². The van der Waals surface area contributed by atoms with Crippen LogP contribution in [0.5, 0.6) is 0 Å². The van der Waals surface area contributed by atoms with Gasteiger partial charge in [-0.3, -0.25) is 4.79 Å². The monoisotopic (exact) mass is 1080 g/mol. The third-order valence-corrected chi connectivity index (χ3v) is 12.1. The molecule has 0 unspecified atom stereocenters. The number of carboxylic acid groups (broad SMARTS) is 1. The second-order valence-corrected chi connectivity index (χ2v) is 17.5. The normalized spacial score (nSPS) is 13.2. The van der Waals surface area contributed by atoms with Gasteiger partial charge in [-0.2, -0.15) is 10.2 Å². The number of halogens is 5. The van der Waals surface area contributed by atoms with E-state index < -0.39 is 17.7 Å². The number of aromatic nitrogens is 14. The molecule has 10 aromatic heterocycles. The number of rotatable bonds is 12. The number of nitrogens with two attached hydrogens (primary N) is 1. The van der Waals surface area contributed by atoms with Crippen molar-refractivity contribution < 1.29 is 51.2 Å². The van der Waals surface area contributed by atoms with Crippen molar-refractivity contribution in [2.24, 2.45) is 5.73 Å². The molecule has 0 saturated heterocycles. The van der Waals surface area contributed by atoms with E-state index in [0.29, 0.717) is 61.2 Å². The number of carboxylic acids is 1. The molecule has 2 fully saturated rings. The molecular formula is C43H35Br2ClF2LiN15O5. The van der Waals surface area contributed by atoms with Crippen LogP contribution in [-0.2, 0) is 25.8 Å². The number of Topliss-reactive ketones (excluding diaryl/α,β-unsaturated/α-hetero) is 1. The van der Waals surface area contributed by atoms with Crippen LogP contribution in [0.15, 0.2) is 91.6 Å². The first-order valence-electron chi connectivity index (χ1n) is 20.9. The van der Waals surface area contributed by atoms with E-state index in [4.69, 9.17) is 14.6 Å². The Morgan fingerprint density at radius 1 is 0.710 bits per heavy atom. The average Bonchev–Trinajstić information content (AvgIpc) is 3.90. The number of nitrogens with zero attached hydrogens (tertiary/aromatic N) is 14. The van der Waals surface area contributed by atoms with Gasteiger partial charge in [0.1, 0.15) is 17.0 Å². The summed E-state index contributed by atoms with van der Waals surface area (Å²) in [5.41, 5.74) is 12.3. The van der Waals surface area contributed by atoms with E-state index in [1.807, 2.05) is 30.5 Å².